The van der Waals surface area contributed by atoms with Crippen molar-refractivity contribution in [3.8, 4) is 0 Å². The van der Waals surface area contributed by atoms with Crippen LogP contribution in [0.1, 0.15) is 35.7 Å². The summed E-state index contributed by atoms with van der Waals surface area (Å²) in [5, 5.41) is 8.79. The summed E-state index contributed by atoms with van der Waals surface area (Å²) in [7, 11) is 1.98. The summed E-state index contributed by atoms with van der Waals surface area (Å²) in [6.45, 7) is 2.97. The maximum Gasteiger partial charge on any atom is 0.0537 e. The first-order valence-electron chi connectivity index (χ1n) is 7.11. The van der Waals surface area contributed by atoms with Crippen molar-refractivity contribution in [2.75, 3.05) is 0 Å². The lowest BCUT2D eigenvalue weighted by Crippen LogP contribution is -2.22. The van der Waals surface area contributed by atoms with Gasteiger partial charge < -0.3 is 5.32 Å². The predicted molar refractivity (Wildman–Crippen MR) is 81.7 cm³/mol. The Morgan fingerprint density at radius 3 is 2.60 bits per heavy atom. The first-order chi connectivity index (χ1) is 9.65. The number of aromatic nitrogens is 2. The largest absolute Gasteiger partial charge is 0.305 e. The normalized spacial score (nSPS) is 16.4. The van der Waals surface area contributed by atoms with Crippen molar-refractivity contribution >= 4 is 11.6 Å². The molecule has 20 heavy (non-hydrogen) atoms. The Hall–Kier alpha value is -1.32. The van der Waals surface area contributed by atoms with Crippen LogP contribution in [0.15, 0.2) is 30.5 Å². The molecule has 0 radical (unpaired) electrons. The third-order valence-electron chi connectivity index (χ3n) is 4.17. The molecular weight excluding hydrogens is 270 g/mol. The number of hydrogen-bond acceptors (Lipinski definition) is 2. The molecule has 4 heteroatoms. The fourth-order valence-corrected chi connectivity index (χ4v) is 2.72. The lowest BCUT2D eigenvalue weighted by Gasteiger charge is -2.19. The quantitative estimate of drug-likeness (QED) is 0.911. The van der Waals surface area contributed by atoms with Crippen molar-refractivity contribution in [2.45, 2.75) is 32.4 Å². The lowest BCUT2D eigenvalue weighted by atomic mass is 10.0. The van der Waals surface area contributed by atoms with E-state index in [-0.39, 0.29) is 0 Å². The molecule has 3 nitrogen and oxygen atoms in total. The fraction of sp³-hybridized carbons (Fsp3) is 0.438. The summed E-state index contributed by atoms with van der Waals surface area (Å²) >= 11 is 5.98. The number of hydrogen-bond donors (Lipinski definition) is 1. The predicted octanol–water partition coefficient (Wildman–Crippen LogP) is 3.62. The van der Waals surface area contributed by atoms with E-state index in [1.165, 1.54) is 29.7 Å². The Kier molecular flexibility index (Phi) is 3.81. The Labute approximate surface area is 124 Å². The van der Waals surface area contributed by atoms with Crippen LogP contribution >= 0.6 is 11.6 Å². The number of rotatable bonds is 5. The minimum absolute atomic E-state index is 0.423. The molecular formula is C16H20ClN3. The van der Waals surface area contributed by atoms with E-state index in [4.69, 9.17) is 11.6 Å². The van der Waals surface area contributed by atoms with Crippen molar-refractivity contribution in [3.05, 3.63) is 52.3 Å². The average Bonchev–Trinajstić information content (AvgIpc) is 3.23. The molecule has 2 aromatic rings. The molecule has 1 aliphatic carbocycles. The zero-order valence-electron chi connectivity index (χ0n) is 11.9. The van der Waals surface area contributed by atoms with E-state index in [0.29, 0.717) is 6.04 Å². The van der Waals surface area contributed by atoms with Gasteiger partial charge >= 0.3 is 0 Å². The molecule has 0 bridgehead atoms. The van der Waals surface area contributed by atoms with Gasteiger partial charge in [-0.2, -0.15) is 5.10 Å². The highest BCUT2D eigenvalue weighted by Gasteiger charge is 2.32. The van der Waals surface area contributed by atoms with Gasteiger partial charge in [0, 0.05) is 35.9 Å². The molecule has 0 amide bonds. The zero-order chi connectivity index (χ0) is 14.1. The van der Waals surface area contributed by atoms with Crippen LogP contribution in [-0.4, -0.2) is 9.78 Å². The minimum Gasteiger partial charge on any atom is -0.305 e. The van der Waals surface area contributed by atoms with E-state index < -0.39 is 0 Å². The van der Waals surface area contributed by atoms with Gasteiger partial charge in [-0.3, -0.25) is 4.68 Å². The Balaban J connectivity index is 1.72. The van der Waals surface area contributed by atoms with Crippen LogP contribution in [0.3, 0.4) is 0 Å². The monoisotopic (exact) mass is 289 g/mol. The highest BCUT2D eigenvalue weighted by atomic mass is 35.5. The SMILES string of the molecule is Cc1c(CNC(c2ccc(Cl)cc2)C2CC2)cnn1C. The van der Waals surface area contributed by atoms with E-state index in [1.807, 2.05) is 30.1 Å². The molecule has 1 unspecified atom stereocenters. The van der Waals surface area contributed by atoms with Crippen LogP contribution in [0.2, 0.25) is 5.02 Å². The molecule has 1 aromatic carbocycles. The van der Waals surface area contributed by atoms with Gasteiger partial charge in [-0.25, -0.2) is 0 Å². The van der Waals surface area contributed by atoms with Crippen LogP contribution in [0.4, 0.5) is 0 Å². The number of benzene rings is 1. The smallest absolute Gasteiger partial charge is 0.0537 e. The molecule has 3 rings (SSSR count). The van der Waals surface area contributed by atoms with Crippen LogP contribution in [-0.2, 0) is 13.6 Å². The maximum absolute atomic E-state index is 5.98. The molecule has 1 atom stereocenters. The third-order valence-corrected chi connectivity index (χ3v) is 4.42. The fourth-order valence-electron chi connectivity index (χ4n) is 2.59. The van der Waals surface area contributed by atoms with Gasteiger partial charge in [-0.1, -0.05) is 23.7 Å². The standard InChI is InChI=1S/C16H20ClN3/c1-11-14(10-19-20(11)2)9-18-16(12-3-4-12)13-5-7-15(17)8-6-13/h5-8,10,12,16,18H,3-4,9H2,1-2H3. The van der Waals surface area contributed by atoms with Crippen molar-refractivity contribution in [3.63, 3.8) is 0 Å². The van der Waals surface area contributed by atoms with E-state index in [1.54, 1.807) is 0 Å². The highest BCUT2D eigenvalue weighted by Crippen LogP contribution is 2.41. The number of nitrogens with one attached hydrogen (secondary N) is 1. The number of aryl methyl sites for hydroxylation is 1. The molecule has 1 heterocycles. The first-order valence-corrected chi connectivity index (χ1v) is 7.49. The Morgan fingerprint density at radius 2 is 2.05 bits per heavy atom. The van der Waals surface area contributed by atoms with Crippen molar-refractivity contribution in [1.82, 2.24) is 15.1 Å². The molecule has 0 saturated heterocycles. The number of halogens is 1. The van der Waals surface area contributed by atoms with Crippen LogP contribution in [0.25, 0.3) is 0 Å². The third kappa shape index (κ3) is 2.89. The second kappa shape index (κ2) is 5.58. The molecule has 1 aromatic heterocycles. The summed E-state index contributed by atoms with van der Waals surface area (Å²) in [5.74, 6) is 0.758. The van der Waals surface area contributed by atoms with Crippen LogP contribution in [0.5, 0.6) is 0 Å². The molecule has 1 N–H and O–H groups in total. The molecule has 1 saturated carbocycles. The lowest BCUT2D eigenvalue weighted by molar-refractivity contribution is 0.479. The maximum atomic E-state index is 5.98. The minimum atomic E-state index is 0.423. The summed E-state index contributed by atoms with van der Waals surface area (Å²) < 4.78 is 1.92. The summed E-state index contributed by atoms with van der Waals surface area (Å²) in [5.41, 5.74) is 3.83. The van der Waals surface area contributed by atoms with Gasteiger partial charge in [-0.05, 0) is 43.4 Å². The average molecular weight is 290 g/mol. The topological polar surface area (TPSA) is 29.9 Å². The second-order valence-corrected chi connectivity index (χ2v) is 6.06. The van der Waals surface area contributed by atoms with Gasteiger partial charge in [0.2, 0.25) is 0 Å². The number of nitrogens with zero attached hydrogens (tertiary/aromatic N) is 2. The summed E-state index contributed by atoms with van der Waals surface area (Å²) in [6.07, 6.45) is 4.58. The van der Waals surface area contributed by atoms with Gasteiger partial charge in [0.25, 0.3) is 0 Å². The Morgan fingerprint density at radius 1 is 1.35 bits per heavy atom. The first kappa shape index (κ1) is 13.7. The van der Waals surface area contributed by atoms with Crippen molar-refractivity contribution in [1.29, 1.82) is 0 Å². The molecule has 106 valence electrons. The van der Waals surface area contributed by atoms with E-state index in [9.17, 15) is 0 Å². The zero-order valence-corrected chi connectivity index (χ0v) is 12.7. The molecule has 0 aliphatic heterocycles. The Bertz CT molecular complexity index is 584. The van der Waals surface area contributed by atoms with Crippen LogP contribution < -0.4 is 5.32 Å². The van der Waals surface area contributed by atoms with E-state index in [0.717, 1.165) is 17.5 Å². The van der Waals surface area contributed by atoms with E-state index >= 15 is 0 Å². The van der Waals surface area contributed by atoms with Crippen LogP contribution in [0, 0.1) is 12.8 Å². The van der Waals surface area contributed by atoms with Gasteiger partial charge in [0.05, 0.1) is 6.20 Å². The van der Waals surface area contributed by atoms with E-state index in [2.05, 4.69) is 29.5 Å². The van der Waals surface area contributed by atoms with Gasteiger partial charge in [-0.15, -0.1) is 0 Å². The van der Waals surface area contributed by atoms with Gasteiger partial charge in [0.1, 0.15) is 0 Å². The highest BCUT2D eigenvalue weighted by molar-refractivity contribution is 6.30. The second-order valence-electron chi connectivity index (χ2n) is 5.63. The summed E-state index contributed by atoms with van der Waals surface area (Å²) in [4.78, 5) is 0. The van der Waals surface area contributed by atoms with Crippen molar-refractivity contribution < 1.29 is 0 Å². The molecule has 1 aliphatic rings. The van der Waals surface area contributed by atoms with Gasteiger partial charge in [0.15, 0.2) is 0 Å². The summed E-state index contributed by atoms with van der Waals surface area (Å²) in [6, 6.07) is 8.64. The van der Waals surface area contributed by atoms with Crippen molar-refractivity contribution in [2.24, 2.45) is 13.0 Å². The molecule has 0 spiro atoms. The molecule has 1 fully saturated rings.